The van der Waals surface area contributed by atoms with Gasteiger partial charge in [-0.05, 0) is 38.1 Å². The molecule has 0 aliphatic heterocycles. The summed E-state index contributed by atoms with van der Waals surface area (Å²) in [4.78, 5) is 16.6. The molecule has 7 heteroatoms. The Bertz CT molecular complexity index is 1040. The number of hydrogen-bond acceptors (Lipinski definition) is 5. The fourth-order valence-electron chi connectivity index (χ4n) is 2.16. The van der Waals surface area contributed by atoms with Crippen molar-refractivity contribution in [3.8, 4) is 0 Å². The van der Waals surface area contributed by atoms with Crippen molar-refractivity contribution in [3.63, 3.8) is 0 Å². The molecule has 3 rings (SSSR count). The highest BCUT2D eigenvalue weighted by Crippen LogP contribution is 2.12. The first-order valence-electron chi connectivity index (χ1n) is 6.88. The van der Waals surface area contributed by atoms with E-state index in [0.717, 1.165) is 5.56 Å². The quantitative estimate of drug-likeness (QED) is 0.732. The van der Waals surface area contributed by atoms with Crippen LogP contribution in [0.2, 0.25) is 0 Å². The van der Waals surface area contributed by atoms with E-state index >= 15 is 0 Å². The van der Waals surface area contributed by atoms with Crippen LogP contribution in [0.3, 0.4) is 0 Å². The Morgan fingerprint density at radius 3 is 2.35 bits per heavy atom. The highest BCUT2D eigenvalue weighted by atomic mass is 32.2. The van der Waals surface area contributed by atoms with Crippen LogP contribution >= 0.6 is 0 Å². The summed E-state index contributed by atoms with van der Waals surface area (Å²) in [6.45, 7) is 3.36. The Morgan fingerprint density at radius 1 is 1.00 bits per heavy atom. The van der Waals surface area contributed by atoms with Gasteiger partial charge in [0.25, 0.3) is 5.56 Å². The molecule has 3 aromatic rings. The first-order valence-corrected chi connectivity index (χ1v) is 8.29. The van der Waals surface area contributed by atoms with Gasteiger partial charge >= 0.3 is 10.1 Å². The molecule has 23 heavy (non-hydrogen) atoms. The molecule has 2 aromatic carbocycles. The second kappa shape index (κ2) is 5.51. The highest BCUT2D eigenvalue weighted by molar-refractivity contribution is 7.87. The van der Waals surface area contributed by atoms with Crippen molar-refractivity contribution in [2.75, 3.05) is 0 Å². The van der Waals surface area contributed by atoms with E-state index in [2.05, 4.69) is 4.98 Å². The maximum absolute atomic E-state index is 12.4. The molecule has 0 unspecified atom stereocenters. The number of nitrogens with zero attached hydrogens (tertiary/aromatic N) is 2. The molecule has 0 radical (unpaired) electrons. The Hall–Kier alpha value is -2.67. The molecule has 0 N–H and O–H groups in total. The number of hydrogen-bond donors (Lipinski definition) is 0. The third-order valence-corrected chi connectivity index (χ3v) is 4.57. The molecule has 6 nitrogen and oxygen atoms in total. The summed E-state index contributed by atoms with van der Waals surface area (Å²) in [5.74, 6) is 0.157. The van der Waals surface area contributed by atoms with Gasteiger partial charge in [0.1, 0.15) is 10.7 Å². The average Bonchev–Trinajstić information content (AvgIpc) is 2.52. The largest absolute Gasteiger partial charge is 0.357 e. The minimum absolute atomic E-state index is 0.0254. The number of benzene rings is 2. The van der Waals surface area contributed by atoms with E-state index in [1.165, 1.54) is 19.1 Å². The van der Waals surface area contributed by atoms with Crippen LogP contribution in [0.1, 0.15) is 11.4 Å². The predicted octanol–water partition coefficient (Wildman–Crippen LogP) is 1.83. The molecule has 1 heterocycles. The van der Waals surface area contributed by atoms with Gasteiger partial charge in [0.2, 0.25) is 0 Å². The molecule has 0 fully saturated rings. The Balaban J connectivity index is 2.11. The topological polar surface area (TPSA) is 78.3 Å². The second-order valence-corrected chi connectivity index (χ2v) is 6.65. The zero-order valence-corrected chi connectivity index (χ0v) is 13.4. The highest BCUT2D eigenvalue weighted by Gasteiger charge is 2.20. The fourth-order valence-corrected chi connectivity index (χ4v) is 3.09. The number of fused-ring (bicyclic) bond motifs is 1. The Morgan fingerprint density at radius 2 is 1.65 bits per heavy atom. The average molecular weight is 330 g/mol. The van der Waals surface area contributed by atoms with Gasteiger partial charge in [-0.25, -0.2) is 4.98 Å². The lowest BCUT2D eigenvalue weighted by Crippen LogP contribution is -2.33. The van der Waals surface area contributed by atoms with Gasteiger partial charge in [-0.15, -0.1) is 4.73 Å². The van der Waals surface area contributed by atoms with Gasteiger partial charge in [-0.2, -0.15) is 8.42 Å². The van der Waals surface area contributed by atoms with Crippen LogP contribution in [-0.4, -0.2) is 18.1 Å². The molecule has 0 saturated heterocycles. The minimum atomic E-state index is -4.12. The van der Waals surface area contributed by atoms with Gasteiger partial charge in [0.05, 0.1) is 10.9 Å². The van der Waals surface area contributed by atoms with Crippen molar-refractivity contribution < 1.29 is 12.7 Å². The van der Waals surface area contributed by atoms with Crippen molar-refractivity contribution in [2.45, 2.75) is 18.7 Å². The number of rotatable bonds is 3. The molecule has 0 aliphatic rings. The predicted molar refractivity (Wildman–Crippen MR) is 85.7 cm³/mol. The smallest absolute Gasteiger partial charge is 0.279 e. The summed E-state index contributed by atoms with van der Waals surface area (Å²) >= 11 is 0. The molecule has 0 amide bonds. The number of aryl methyl sites for hydroxylation is 2. The third kappa shape index (κ3) is 2.83. The van der Waals surface area contributed by atoms with E-state index in [-0.39, 0.29) is 16.1 Å². The van der Waals surface area contributed by atoms with Gasteiger partial charge in [0.15, 0.2) is 0 Å². The zero-order chi connectivity index (χ0) is 16.6. The summed E-state index contributed by atoms with van der Waals surface area (Å²) in [5, 5.41) is 0.289. The van der Waals surface area contributed by atoms with Crippen LogP contribution < -0.4 is 9.84 Å². The summed E-state index contributed by atoms with van der Waals surface area (Å²) in [6.07, 6.45) is 0. The molecule has 0 spiro atoms. The van der Waals surface area contributed by atoms with E-state index < -0.39 is 15.7 Å². The van der Waals surface area contributed by atoms with Crippen molar-refractivity contribution in [3.05, 3.63) is 70.3 Å². The van der Waals surface area contributed by atoms with Gasteiger partial charge in [-0.3, -0.25) is 9.08 Å². The Labute approximate surface area is 133 Å². The first kappa shape index (κ1) is 15.2. The lowest BCUT2D eigenvalue weighted by molar-refractivity contribution is 0.257. The van der Waals surface area contributed by atoms with Crippen molar-refractivity contribution in [2.24, 2.45) is 0 Å². The van der Waals surface area contributed by atoms with Crippen molar-refractivity contribution in [1.29, 1.82) is 0 Å². The summed E-state index contributed by atoms with van der Waals surface area (Å²) in [5.41, 5.74) is 0.844. The molecule has 0 atom stereocenters. The van der Waals surface area contributed by atoms with E-state index in [9.17, 15) is 13.2 Å². The van der Waals surface area contributed by atoms with Crippen LogP contribution in [-0.2, 0) is 10.1 Å². The maximum atomic E-state index is 12.4. The second-order valence-electron chi connectivity index (χ2n) is 5.12. The molecular weight excluding hydrogens is 316 g/mol. The summed E-state index contributed by atoms with van der Waals surface area (Å²) in [6, 6.07) is 12.9. The van der Waals surface area contributed by atoms with Crippen LogP contribution in [0.5, 0.6) is 0 Å². The van der Waals surface area contributed by atoms with Crippen LogP contribution in [0.4, 0.5) is 0 Å². The standard InChI is InChI=1S/C16H14N2O4S/c1-11-7-9-13(10-8-11)23(20,21)22-18-12(2)17-15-6-4-3-5-14(15)16(18)19/h3-10H,1-2H3. The van der Waals surface area contributed by atoms with Crippen molar-refractivity contribution >= 4 is 21.0 Å². The van der Waals surface area contributed by atoms with Gasteiger partial charge < -0.3 is 0 Å². The van der Waals surface area contributed by atoms with Gasteiger partial charge in [0, 0.05) is 0 Å². The lowest BCUT2D eigenvalue weighted by atomic mass is 10.2. The zero-order valence-electron chi connectivity index (χ0n) is 12.6. The van der Waals surface area contributed by atoms with Crippen LogP contribution in [0.25, 0.3) is 10.9 Å². The molecule has 0 saturated carbocycles. The van der Waals surface area contributed by atoms with Gasteiger partial charge in [-0.1, -0.05) is 29.8 Å². The molecule has 118 valence electrons. The Kier molecular flexibility index (Phi) is 3.65. The summed E-state index contributed by atoms with van der Waals surface area (Å²) < 4.78 is 30.4. The molecule has 0 aliphatic carbocycles. The molecule has 0 bridgehead atoms. The number of aromatic nitrogens is 2. The van der Waals surface area contributed by atoms with E-state index in [0.29, 0.717) is 10.2 Å². The SMILES string of the molecule is Cc1ccc(S(=O)(=O)On2c(C)nc3ccccc3c2=O)cc1. The minimum Gasteiger partial charge on any atom is -0.279 e. The normalized spacial score (nSPS) is 11.6. The van der Waals surface area contributed by atoms with E-state index in [4.69, 9.17) is 4.28 Å². The van der Waals surface area contributed by atoms with Crippen molar-refractivity contribution in [1.82, 2.24) is 9.71 Å². The van der Waals surface area contributed by atoms with E-state index in [1.807, 2.05) is 6.92 Å². The lowest BCUT2D eigenvalue weighted by Gasteiger charge is -2.11. The van der Waals surface area contributed by atoms with E-state index in [1.54, 1.807) is 36.4 Å². The first-order chi connectivity index (χ1) is 10.9. The van der Waals surface area contributed by atoms with Crippen LogP contribution in [0, 0.1) is 13.8 Å². The monoisotopic (exact) mass is 330 g/mol. The third-order valence-electron chi connectivity index (χ3n) is 3.38. The summed E-state index contributed by atoms with van der Waals surface area (Å²) in [7, 11) is -4.12. The maximum Gasteiger partial charge on any atom is 0.357 e. The molecule has 1 aromatic heterocycles. The number of para-hydroxylation sites is 1. The van der Waals surface area contributed by atoms with Crippen LogP contribution in [0.15, 0.2) is 58.2 Å². The fraction of sp³-hybridized carbons (Fsp3) is 0.125. The molecular formula is C16H14N2O4S.